The molecule has 1 aromatic heterocycles. The number of alkyl halides is 3. The van der Waals surface area contributed by atoms with E-state index in [2.05, 4.69) is 15.6 Å². The van der Waals surface area contributed by atoms with E-state index in [1.165, 1.54) is 0 Å². The van der Waals surface area contributed by atoms with Crippen LogP contribution in [0.4, 0.5) is 13.2 Å². The molecule has 0 aliphatic carbocycles. The zero-order valence-corrected chi connectivity index (χ0v) is 16.2. The average molecular weight is 409 g/mol. The summed E-state index contributed by atoms with van der Waals surface area (Å²) in [7, 11) is 0. The fourth-order valence-corrected chi connectivity index (χ4v) is 3.20. The summed E-state index contributed by atoms with van der Waals surface area (Å²) in [6.07, 6.45) is -1.33. The summed E-state index contributed by atoms with van der Waals surface area (Å²) in [5.74, 6) is 2.29. The van der Waals surface area contributed by atoms with Crippen molar-refractivity contribution in [1.29, 1.82) is 0 Å². The van der Waals surface area contributed by atoms with Gasteiger partial charge in [0.2, 0.25) is 0 Å². The van der Waals surface area contributed by atoms with Gasteiger partial charge >= 0.3 is 6.18 Å². The first-order valence-electron chi connectivity index (χ1n) is 9.87. The number of fused-ring (bicyclic) bond motifs is 1. The van der Waals surface area contributed by atoms with E-state index >= 15 is 0 Å². The van der Waals surface area contributed by atoms with E-state index in [4.69, 9.17) is 9.15 Å². The topological polar surface area (TPSA) is 58.8 Å². The van der Waals surface area contributed by atoms with E-state index in [1.54, 1.807) is 6.26 Å². The molecule has 0 radical (unpaired) electrons. The molecule has 0 fully saturated rings. The van der Waals surface area contributed by atoms with Gasteiger partial charge in [0.15, 0.2) is 5.96 Å². The second-order valence-electron chi connectivity index (χ2n) is 6.93. The standard InChI is InChI=1S/C21H26F3N3O2/c22-21(23,24)11-3-4-12-25-20(26-13-9-16-6-5-14-28-16)27-18-10-15-29-19-8-2-1-7-17(18)19/h1-2,5-8,14,18H,3-4,9-13,15H2,(H2,25,26,27). The van der Waals surface area contributed by atoms with Gasteiger partial charge in [-0.05, 0) is 31.0 Å². The minimum absolute atomic E-state index is 0.0324. The van der Waals surface area contributed by atoms with Crippen LogP contribution in [0, 0.1) is 0 Å². The van der Waals surface area contributed by atoms with Crippen LogP contribution >= 0.6 is 0 Å². The number of unbranched alkanes of at least 4 members (excludes halogenated alkanes) is 1. The van der Waals surface area contributed by atoms with E-state index in [0.29, 0.717) is 38.5 Å². The van der Waals surface area contributed by atoms with E-state index < -0.39 is 12.6 Å². The Morgan fingerprint density at radius 3 is 2.79 bits per heavy atom. The molecule has 0 bridgehead atoms. The molecule has 0 saturated heterocycles. The van der Waals surface area contributed by atoms with Gasteiger partial charge in [0.05, 0.1) is 18.9 Å². The largest absolute Gasteiger partial charge is 0.493 e. The molecule has 1 aliphatic heterocycles. The second-order valence-corrected chi connectivity index (χ2v) is 6.93. The Morgan fingerprint density at radius 2 is 2.00 bits per heavy atom. The summed E-state index contributed by atoms with van der Waals surface area (Å²) in [4.78, 5) is 4.48. The summed E-state index contributed by atoms with van der Waals surface area (Å²) in [6.45, 7) is 1.53. The Balaban J connectivity index is 1.58. The highest BCUT2D eigenvalue weighted by atomic mass is 19.4. The van der Waals surface area contributed by atoms with Gasteiger partial charge in [-0.2, -0.15) is 13.2 Å². The van der Waals surface area contributed by atoms with Crippen molar-refractivity contribution in [1.82, 2.24) is 10.6 Å². The fraction of sp³-hybridized carbons (Fsp3) is 0.476. The number of halogens is 3. The van der Waals surface area contributed by atoms with Crippen LogP contribution in [0.1, 0.15) is 43.0 Å². The molecule has 29 heavy (non-hydrogen) atoms. The number of guanidine groups is 1. The molecule has 2 N–H and O–H groups in total. The Bertz CT molecular complexity index is 776. The maximum atomic E-state index is 12.3. The molecule has 1 unspecified atom stereocenters. The summed E-state index contributed by atoms with van der Waals surface area (Å²) in [5.41, 5.74) is 1.05. The molecule has 8 heteroatoms. The highest BCUT2D eigenvalue weighted by Crippen LogP contribution is 2.31. The van der Waals surface area contributed by atoms with E-state index in [1.807, 2.05) is 36.4 Å². The van der Waals surface area contributed by atoms with E-state index in [-0.39, 0.29) is 12.5 Å². The number of aliphatic imine (C=N–C) groups is 1. The number of rotatable bonds is 8. The number of nitrogens with zero attached hydrogens (tertiary/aromatic N) is 1. The van der Waals surface area contributed by atoms with Crippen LogP contribution in [0.2, 0.25) is 0 Å². The lowest BCUT2D eigenvalue weighted by Crippen LogP contribution is -2.42. The Labute approximate surface area is 168 Å². The lowest BCUT2D eigenvalue weighted by atomic mass is 10.0. The SMILES string of the molecule is FC(F)(F)CCCCN=C(NCCc1ccco1)NC1CCOc2ccccc21. The highest BCUT2D eigenvalue weighted by Gasteiger charge is 2.26. The number of hydrogen-bond donors (Lipinski definition) is 2. The first kappa shape index (κ1) is 21.1. The number of nitrogens with one attached hydrogen (secondary N) is 2. The second kappa shape index (κ2) is 10.2. The number of hydrogen-bond acceptors (Lipinski definition) is 3. The van der Waals surface area contributed by atoms with Crippen molar-refractivity contribution in [2.24, 2.45) is 4.99 Å². The van der Waals surface area contributed by atoms with Crippen LogP contribution in [0.25, 0.3) is 0 Å². The van der Waals surface area contributed by atoms with Gasteiger partial charge in [0.1, 0.15) is 11.5 Å². The summed E-state index contributed by atoms with van der Waals surface area (Å²) < 4.78 is 48.0. The van der Waals surface area contributed by atoms with Gasteiger partial charge in [-0.15, -0.1) is 0 Å². The molecule has 5 nitrogen and oxygen atoms in total. The zero-order chi connectivity index (χ0) is 20.5. The van der Waals surface area contributed by atoms with Crippen molar-refractivity contribution in [3.05, 3.63) is 54.0 Å². The third-order valence-electron chi connectivity index (χ3n) is 4.65. The minimum Gasteiger partial charge on any atom is -0.493 e. The smallest absolute Gasteiger partial charge is 0.389 e. The Morgan fingerprint density at radius 1 is 1.14 bits per heavy atom. The van der Waals surface area contributed by atoms with Crippen LogP contribution in [0.5, 0.6) is 5.75 Å². The van der Waals surface area contributed by atoms with Crippen LogP contribution in [-0.2, 0) is 6.42 Å². The lowest BCUT2D eigenvalue weighted by Gasteiger charge is -2.28. The number of para-hydroxylation sites is 1. The van der Waals surface area contributed by atoms with Crippen LogP contribution in [-0.4, -0.2) is 31.8 Å². The maximum Gasteiger partial charge on any atom is 0.389 e. The van der Waals surface area contributed by atoms with Crippen molar-refractivity contribution in [3.63, 3.8) is 0 Å². The van der Waals surface area contributed by atoms with Crippen LogP contribution < -0.4 is 15.4 Å². The average Bonchev–Trinajstić information content (AvgIpc) is 3.20. The molecule has 2 aromatic rings. The lowest BCUT2D eigenvalue weighted by molar-refractivity contribution is -0.135. The van der Waals surface area contributed by atoms with E-state index in [9.17, 15) is 13.2 Å². The van der Waals surface area contributed by atoms with Crippen molar-refractivity contribution < 1.29 is 22.3 Å². The Hall–Kier alpha value is -2.64. The monoisotopic (exact) mass is 409 g/mol. The minimum atomic E-state index is -4.11. The maximum absolute atomic E-state index is 12.3. The van der Waals surface area contributed by atoms with Crippen molar-refractivity contribution in [2.75, 3.05) is 19.7 Å². The predicted octanol–water partition coefficient (Wildman–Crippen LogP) is 4.61. The number of ether oxygens (including phenoxy) is 1. The fourth-order valence-electron chi connectivity index (χ4n) is 3.20. The first-order valence-corrected chi connectivity index (χ1v) is 9.87. The van der Waals surface area contributed by atoms with Gasteiger partial charge in [-0.1, -0.05) is 18.2 Å². The van der Waals surface area contributed by atoms with Gasteiger partial charge in [-0.3, -0.25) is 4.99 Å². The molecule has 1 aliphatic rings. The normalized spacial score (nSPS) is 16.8. The summed E-state index contributed by atoms with van der Waals surface area (Å²) >= 11 is 0. The molecule has 1 atom stereocenters. The van der Waals surface area contributed by atoms with Gasteiger partial charge in [0.25, 0.3) is 0 Å². The highest BCUT2D eigenvalue weighted by molar-refractivity contribution is 5.80. The van der Waals surface area contributed by atoms with Gasteiger partial charge in [0, 0.05) is 37.9 Å². The van der Waals surface area contributed by atoms with E-state index in [0.717, 1.165) is 23.5 Å². The third kappa shape index (κ3) is 7.03. The molecule has 1 aromatic carbocycles. The van der Waals surface area contributed by atoms with Crippen molar-refractivity contribution in [3.8, 4) is 5.75 Å². The summed E-state index contributed by atoms with van der Waals surface area (Å²) in [5, 5.41) is 6.66. The predicted molar refractivity (Wildman–Crippen MR) is 105 cm³/mol. The number of benzene rings is 1. The van der Waals surface area contributed by atoms with Crippen LogP contribution in [0.15, 0.2) is 52.1 Å². The molecular formula is C21H26F3N3O2. The molecule has 158 valence electrons. The molecule has 2 heterocycles. The molecule has 0 amide bonds. The van der Waals surface area contributed by atoms with Crippen molar-refractivity contribution >= 4 is 5.96 Å². The van der Waals surface area contributed by atoms with Crippen molar-refractivity contribution in [2.45, 2.75) is 44.3 Å². The molecule has 3 rings (SSSR count). The third-order valence-corrected chi connectivity index (χ3v) is 4.65. The number of furan rings is 1. The van der Waals surface area contributed by atoms with Crippen LogP contribution in [0.3, 0.4) is 0 Å². The molecule has 0 spiro atoms. The zero-order valence-electron chi connectivity index (χ0n) is 16.2. The molecular weight excluding hydrogens is 383 g/mol. The first-order chi connectivity index (χ1) is 14.0. The van der Waals surface area contributed by atoms with Gasteiger partial charge < -0.3 is 19.8 Å². The van der Waals surface area contributed by atoms with Gasteiger partial charge in [-0.25, -0.2) is 0 Å². The Kier molecular flexibility index (Phi) is 7.43. The summed E-state index contributed by atoms with van der Waals surface area (Å²) in [6, 6.07) is 11.6. The quantitative estimate of drug-likeness (QED) is 0.380. The molecule has 0 saturated carbocycles.